The van der Waals surface area contributed by atoms with Gasteiger partial charge in [0.2, 0.25) is 5.09 Å². The first kappa shape index (κ1) is 13.8. The summed E-state index contributed by atoms with van der Waals surface area (Å²) < 4.78 is 31.8. The number of hydrogen-bond acceptors (Lipinski definition) is 4. The molecule has 0 fully saturated rings. The molecule has 1 aromatic carbocycles. The van der Waals surface area contributed by atoms with Crippen molar-refractivity contribution in [3.63, 3.8) is 0 Å². The van der Waals surface area contributed by atoms with Crippen LogP contribution in [-0.2, 0) is 23.1 Å². The van der Waals surface area contributed by atoms with E-state index in [0.717, 1.165) is 5.56 Å². The van der Waals surface area contributed by atoms with Crippen LogP contribution in [0.15, 0.2) is 52.0 Å². The zero-order valence-corrected chi connectivity index (χ0v) is 11.4. The summed E-state index contributed by atoms with van der Waals surface area (Å²) in [6, 6.07) is 12.4. The van der Waals surface area contributed by atoms with E-state index in [1.54, 1.807) is 13.1 Å². The standard InChI is InChI=1S/C13H16N2O3S/c1-14-10-12-7-8-13(18-12)19(16,17)15-9-11-5-3-2-4-6-11/h2-8,14-15H,9-10H2,1H3. The van der Waals surface area contributed by atoms with Crippen LogP contribution in [0.1, 0.15) is 11.3 Å². The molecule has 19 heavy (non-hydrogen) atoms. The van der Waals surface area contributed by atoms with Gasteiger partial charge >= 0.3 is 0 Å². The molecule has 5 nitrogen and oxygen atoms in total. The molecule has 2 rings (SSSR count). The molecule has 0 aliphatic rings. The molecule has 1 aromatic heterocycles. The van der Waals surface area contributed by atoms with Crippen molar-refractivity contribution >= 4 is 10.0 Å². The number of sulfonamides is 1. The van der Waals surface area contributed by atoms with E-state index in [1.165, 1.54) is 6.07 Å². The normalized spacial score (nSPS) is 11.6. The molecule has 2 aromatic rings. The number of hydrogen-bond donors (Lipinski definition) is 2. The Labute approximate surface area is 112 Å². The first-order chi connectivity index (χ1) is 9.12. The van der Waals surface area contributed by atoms with Gasteiger partial charge in [-0.15, -0.1) is 0 Å². The summed E-state index contributed by atoms with van der Waals surface area (Å²) in [5.41, 5.74) is 0.896. The van der Waals surface area contributed by atoms with Gasteiger partial charge < -0.3 is 9.73 Å². The van der Waals surface area contributed by atoms with Crippen molar-refractivity contribution in [2.24, 2.45) is 0 Å². The Morgan fingerprint density at radius 2 is 1.79 bits per heavy atom. The van der Waals surface area contributed by atoms with Crippen molar-refractivity contribution in [1.82, 2.24) is 10.0 Å². The minimum absolute atomic E-state index is 0.0614. The minimum atomic E-state index is -3.60. The Morgan fingerprint density at radius 3 is 2.47 bits per heavy atom. The van der Waals surface area contributed by atoms with Crippen LogP contribution in [-0.4, -0.2) is 15.5 Å². The lowest BCUT2D eigenvalue weighted by Crippen LogP contribution is -2.22. The van der Waals surface area contributed by atoms with Crippen molar-refractivity contribution in [3.8, 4) is 0 Å². The average molecular weight is 280 g/mol. The summed E-state index contributed by atoms with van der Waals surface area (Å²) in [5.74, 6) is 0.586. The second-order valence-corrected chi connectivity index (χ2v) is 5.76. The lowest BCUT2D eigenvalue weighted by atomic mass is 10.2. The summed E-state index contributed by atoms with van der Waals surface area (Å²) in [5, 5.41) is 2.84. The van der Waals surface area contributed by atoms with Crippen LogP contribution < -0.4 is 10.0 Å². The second kappa shape index (κ2) is 6.01. The van der Waals surface area contributed by atoms with Crippen molar-refractivity contribution < 1.29 is 12.8 Å². The van der Waals surface area contributed by atoms with Crippen molar-refractivity contribution in [1.29, 1.82) is 0 Å². The maximum Gasteiger partial charge on any atom is 0.274 e. The Balaban J connectivity index is 2.05. The van der Waals surface area contributed by atoms with Gasteiger partial charge in [0.05, 0.1) is 6.54 Å². The van der Waals surface area contributed by atoms with E-state index in [1.807, 2.05) is 30.3 Å². The highest BCUT2D eigenvalue weighted by Gasteiger charge is 2.18. The smallest absolute Gasteiger partial charge is 0.274 e. The lowest BCUT2D eigenvalue weighted by molar-refractivity contribution is 0.404. The minimum Gasteiger partial charge on any atom is -0.447 e. The van der Waals surface area contributed by atoms with E-state index in [9.17, 15) is 8.42 Å². The van der Waals surface area contributed by atoms with Gasteiger partial charge in [0.25, 0.3) is 10.0 Å². The second-order valence-electron chi connectivity index (χ2n) is 4.06. The molecule has 0 aliphatic carbocycles. The zero-order chi connectivity index (χ0) is 13.7. The van der Waals surface area contributed by atoms with Crippen LogP contribution in [0.3, 0.4) is 0 Å². The first-order valence-electron chi connectivity index (χ1n) is 5.89. The molecule has 0 radical (unpaired) electrons. The third-order valence-electron chi connectivity index (χ3n) is 2.56. The largest absolute Gasteiger partial charge is 0.447 e. The number of benzene rings is 1. The van der Waals surface area contributed by atoms with Crippen molar-refractivity contribution in [3.05, 3.63) is 53.8 Å². The zero-order valence-electron chi connectivity index (χ0n) is 10.6. The van der Waals surface area contributed by atoms with E-state index >= 15 is 0 Å². The predicted molar refractivity (Wildman–Crippen MR) is 71.9 cm³/mol. The fourth-order valence-electron chi connectivity index (χ4n) is 1.62. The molecule has 0 atom stereocenters. The quantitative estimate of drug-likeness (QED) is 0.840. The van der Waals surface area contributed by atoms with Gasteiger partial charge in [0, 0.05) is 6.54 Å². The summed E-state index contributed by atoms with van der Waals surface area (Å²) in [4.78, 5) is 0. The number of rotatable bonds is 6. The molecule has 0 unspecified atom stereocenters. The highest BCUT2D eigenvalue weighted by molar-refractivity contribution is 7.89. The molecule has 2 N–H and O–H groups in total. The van der Waals surface area contributed by atoms with Gasteiger partial charge in [-0.1, -0.05) is 30.3 Å². The molecule has 0 aliphatic heterocycles. The van der Waals surface area contributed by atoms with Crippen molar-refractivity contribution in [2.45, 2.75) is 18.2 Å². The highest BCUT2D eigenvalue weighted by Crippen LogP contribution is 2.14. The third-order valence-corrected chi connectivity index (χ3v) is 3.84. The molecular formula is C13H16N2O3S. The van der Waals surface area contributed by atoms with Gasteiger partial charge in [-0.25, -0.2) is 13.1 Å². The van der Waals surface area contributed by atoms with Gasteiger partial charge in [0.15, 0.2) is 0 Å². The van der Waals surface area contributed by atoms with E-state index in [-0.39, 0.29) is 11.6 Å². The van der Waals surface area contributed by atoms with E-state index in [4.69, 9.17) is 4.42 Å². The summed E-state index contributed by atoms with van der Waals surface area (Å²) >= 11 is 0. The van der Waals surface area contributed by atoms with Gasteiger partial charge in [-0.3, -0.25) is 0 Å². The topological polar surface area (TPSA) is 71.3 Å². The average Bonchev–Trinajstić information content (AvgIpc) is 2.88. The molecule has 0 saturated carbocycles. The van der Waals surface area contributed by atoms with Gasteiger partial charge in [0.1, 0.15) is 5.76 Å². The van der Waals surface area contributed by atoms with Gasteiger partial charge in [-0.2, -0.15) is 0 Å². The van der Waals surface area contributed by atoms with Crippen LogP contribution in [0.4, 0.5) is 0 Å². The van der Waals surface area contributed by atoms with E-state index in [0.29, 0.717) is 12.3 Å². The van der Waals surface area contributed by atoms with E-state index < -0.39 is 10.0 Å². The first-order valence-corrected chi connectivity index (χ1v) is 7.37. The lowest BCUT2D eigenvalue weighted by Gasteiger charge is -2.04. The molecule has 102 valence electrons. The molecular weight excluding hydrogens is 264 g/mol. The molecule has 6 heteroatoms. The third kappa shape index (κ3) is 3.66. The van der Waals surface area contributed by atoms with Crippen molar-refractivity contribution in [2.75, 3.05) is 7.05 Å². The Hall–Kier alpha value is -1.63. The molecule has 0 amide bonds. The number of nitrogens with one attached hydrogen (secondary N) is 2. The number of furan rings is 1. The van der Waals surface area contributed by atoms with Crippen LogP contribution in [0, 0.1) is 0 Å². The Kier molecular flexibility index (Phi) is 4.36. The van der Waals surface area contributed by atoms with Crippen LogP contribution in [0.2, 0.25) is 0 Å². The Morgan fingerprint density at radius 1 is 1.05 bits per heavy atom. The molecule has 1 heterocycles. The SMILES string of the molecule is CNCc1ccc(S(=O)(=O)NCc2ccccc2)o1. The fraction of sp³-hybridized carbons (Fsp3) is 0.231. The molecule has 0 spiro atoms. The van der Waals surface area contributed by atoms with E-state index in [2.05, 4.69) is 10.0 Å². The van der Waals surface area contributed by atoms with Gasteiger partial charge in [-0.05, 0) is 24.7 Å². The monoisotopic (exact) mass is 280 g/mol. The predicted octanol–water partition coefficient (Wildman–Crippen LogP) is 1.48. The van der Waals surface area contributed by atoms with Crippen LogP contribution in [0.25, 0.3) is 0 Å². The Bertz CT molecular complexity index is 620. The van der Waals surface area contributed by atoms with Crippen LogP contribution >= 0.6 is 0 Å². The summed E-state index contributed by atoms with van der Waals surface area (Å²) in [6.45, 7) is 0.736. The maximum absolute atomic E-state index is 12.0. The highest BCUT2D eigenvalue weighted by atomic mass is 32.2. The summed E-state index contributed by atoms with van der Waals surface area (Å²) in [7, 11) is -1.83. The fourth-order valence-corrected chi connectivity index (χ4v) is 2.58. The maximum atomic E-state index is 12.0. The summed E-state index contributed by atoms with van der Waals surface area (Å²) in [6.07, 6.45) is 0. The molecule has 0 saturated heterocycles. The molecule has 0 bridgehead atoms. The van der Waals surface area contributed by atoms with Crippen LogP contribution in [0.5, 0.6) is 0 Å².